The topological polar surface area (TPSA) is 29.1 Å². The van der Waals surface area contributed by atoms with Crippen molar-refractivity contribution in [1.82, 2.24) is 5.32 Å². The minimum atomic E-state index is 0.607. The molecule has 1 aliphatic heterocycles. The second-order valence-corrected chi connectivity index (χ2v) is 5.08. The normalized spacial score (nSPS) is 27.5. The minimum Gasteiger partial charge on any atom is -0.314 e. The molecule has 1 N–H and O–H groups in total. The first-order chi connectivity index (χ1) is 6.79. The SMILES string of the molecule is CC1CC(c2ccc(C=O)s2)CCN1. The van der Waals surface area contributed by atoms with E-state index in [1.807, 2.05) is 6.07 Å². The van der Waals surface area contributed by atoms with E-state index in [0.717, 1.165) is 17.7 Å². The summed E-state index contributed by atoms with van der Waals surface area (Å²) >= 11 is 1.65. The average molecular weight is 209 g/mol. The third kappa shape index (κ3) is 2.04. The van der Waals surface area contributed by atoms with E-state index in [1.165, 1.54) is 17.7 Å². The van der Waals surface area contributed by atoms with Crippen LogP contribution >= 0.6 is 11.3 Å². The zero-order valence-electron chi connectivity index (χ0n) is 8.32. The lowest BCUT2D eigenvalue weighted by Crippen LogP contribution is -2.34. The highest BCUT2D eigenvalue weighted by atomic mass is 32.1. The van der Waals surface area contributed by atoms with Crippen LogP contribution < -0.4 is 5.32 Å². The highest BCUT2D eigenvalue weighted by Gasteiger charge is 2.20. The number of carbonyl (C=O) groups excluding carboxylic acids is 1. The fourth-order valence-corrected chi connectivity index (χ4v) is 3.01. The fourth-order valence-electron chi connectivity index (χ4n) is 2.04. The summed E-state index contributed by atoms with van der Waals surface area (Å²) in [7, 11) is 0. The fraction of sp³-hybridized carbons (Fsp3) is 0.545. The van der Waals surface area contributed by atoms with Crippen LogP contribution in [0.3, 0.4) is 0 Å². The van der Waals surface area contributed by atoms with Crippen molar-refractivity contribution in [3.05, 3.63) is 21.9 Å². The summed E-state index contributed by atoms with van der Waals surface area (Å²) in [6.07, 6.45) is 3.33. The number of hydrogen-bond donors (Lipinski definition) is 1. The highest BCUT2D eigenvalue weighted by Crippen LogP contribution is 2.32. The molecular weight excluding hydrogens is 194 g/mol. The summed E-state index contributed by atoms with van der Waals surface area (Å²) in [4.78, 5) is 12.8. The van der Waals surface area contributed by atoms with E-state index in [2.05, 4.69) is 18.3 Å². The number of rotatable bonds is 2. The molecule has 1 aliphatic rings. The first-order valence-corrected chi connectivity index (χ1v) is 5.89. The van der Waals surface area contributed by atoms with Gasteiger partial charge in [0.2, 0.25) is 0 Å². The van der Waals surface area contributed by atoms with Gasteiger partial charge in [-0.3, -0.25) is 4.79 Å². The predicted molar refractivity (Wildman–Crippen MR) is 59.1 cm³/mol. The van der Waals surface area contributed by atoms with Crippen LogP contribution in [0.5, 0.6) is 0 Å². The summed E-state index contributed by atoms with van der Waals surface area (Å²) in [6, 6.07) is 4.65. The molecule has 2 unspecified atom stereocenters. The Morgan fingerprint density at radius 2 is 2.43 bits per heavy atom. The summed E-state index contributed by atoms with van der Waals surface area (Å²) in [5.74, 6) is 0.657. The molecule has 2 nitrogen and oxygen atoms in total. The van der Waals surface area contributed by atoms with E-state index < -0.39 is 0 Å². The number of aldehydes is 1. The van der Waals surface area contributed by atoms with Crippen LogP contribution in [0, 0.1) is 0 Å². The van der Waals surface area contributed by atoms with Crippen LogP contribution in [0.2, 0.25) is 0 Å². The van der Waals surface area contributed by atoms with Gasteiger partial charge in [0.1, 0.15) is 0 Å². The lowest BCUT2D eigenvalue weighted by molar-refractivity contribution is 0.112. The molecule has 2 rings (SSSR count). The molecule has 1 aromatic rings. The van der Waals surface area contributed by atoms with Crippen LogP contribution in [0.4, 0.5) is 0 Å². The van der Waals surface area contributed by atoms with Crippen molar-refractivity contribution < 1.29 is 4.79 Å². The predicted octanol–water partition coefficient (Wildman–Crippen LogP) is 2.42. The van der Waals surface area contributed by atoms with E-state index in [-0.39, 0.29) is 0 Å². The Bertz CT molecular complexity index is 321. The molecule has 0 aromatic carbocycles. The summed E-state index contributed by atoms with van der Waals surface area (Å²) < 4.78 is 0. The van der Waals surface area contributed by atoms with Crippen molar-refractivity contribution in [2.24, 2.45) is 0 Å². The van der Waals surface area contributed by atoms with E-state index in [1.54, 1.807) is 11.3 Å². The molecule has 0 aliphatic carbocycles. The molecule has 0 bridgehead atoms. The summed E-state index contributed by atoms with van der Waals surface area (Å²) in [5.41, 5.74) is 0. The van der Waals surface area contributed by atoms with Crippen LogP contribution in [0.15, 0.2) is 12.1 Å². The van der Waals surface area contributed by atoms with Gasteiger partial charge in [-0.1, -0.05) is 0 Å². The molecule has 1 fully saturated rings. The Labute approximate surface area is 88.3 Å². The van der Waals surface area contributed by atoms with Gasteiger partial charge in [0, 0.05) is 10.9 Å². The van der Waals surface area contributed by atoms with Gasteiger partial charge in [-0.2, -0.15) is 0 Å². The van der Waals surface area contributed by atoms with E-state index in [0.29, 0.717) is 12.0 Å². The maximum absolute atomic E-state index is 10.6. The number of hydrogen-bond acceptors (Lipinski definition) is 3. The average Bonchev–Trinajstić information content (AvgIpc) is 2.66. The van der Waals surface area contributed by atoms with Gasteiger partial charge in [0.05, 0.1) is 4.88 Å². The Morgan fingerprint density at radius 1 is 1.57 bits per heavy atom. The zero-order valence-corrected chi connectivity index (χ0v) is 9.14. The van der Waals surface area contributed by atoms with Crippen molar-refractivity contribution in [2.45, 2.75) is 31.7 Å². The molecule has 0 saturated carbocycles. The summed E-state index contributed by atoms with van der Waals surface area (Å²) in [6.45, 7) is 3.32. The van der Waals surface area contributed by atoms with Crippen molar-refractivity contribution >= 4 is 17.6 Å². The maximum Gasteiger partial charge on any atom is 0.160 e. The van der Waals surface area contributed by atoms with E-state index in [4.69, 9.17) is 0 Å². The molecule has 3 heteroatoms. The third-order valence-corrected chi connectivity index (χ3v) is 3.96. The zero-order chi connectivity index (χ0) is 9.97. The smallest absolute Gasteiger partial charge is 0.160 e. The van der Waals surface area contributed by atoms with E-state index in [9.17, 15) is 4.79 Å². The second-order valence-electron chi connectivity index (χ2n) is 3.93. The largest absolute Gasteiger partial charge is 0.314 e. The van der Waals surface area contributed by atoms with Crippen LogP contribution in [-0.2, 0) is 0 Å². The number of carbonyl (C=O) groups is 1. The Kier molecular flexibility index (Phi) is 2.99. The van der Waals surface area contributed by atoms with Crippen molar-refractivity contribution in [3.8, 4) is 0 Å². The van der Waals surface area contributed by atoms with Gasteiger partial charge in [-0.05, 0) is 44.4 Å². The number of piperidine rings is 1. The first-order valence-electron chi connectivity index (χ1n) is 5.08. The lowest BCUT2D eigenvalue weighted by atomic mass is 9.92. The van der Waals surface area contributed by atoms with Crippen molar-refractivity contribution in [3.63, 3.8) is 0 Å². The van der Waals surface area contributed by atoms with Crippen LogP contribution in [0.25, 0.3) is 0 Å². The molecule has 2 atom stereocenters. The van der Waals surface area contributed by atoms with Gasteiger partial charge >= 0.3 is 0 Å². The van der Waals surface area contributed by atoms with Gasteiger partial charge in [0.25, 0.3) is 0 Å². The number of nitrogens with one attached hydrogen (secondary N) is 1. The van der Waals surface area contributed by atoms with E-state index >= 15 is 0 Å². The Morgan fingerprint density at radius 3 is 3.07 bits per heavy atom. The minimum absolute atomic E-state index is 0.607. The first kappa shape index (κ1) is 9.87. The molecule has 0 radical (unpaired) electrons. The second kappa shape index (κ2) is 4.24. The maximum atomic E-state index is 10.6. The summed E-state index contributed by atoms with van der Waals surface area (Å²) in [5, 5.41) is 3.44. The Hall–Kier alpha value is -0.670. The van der Waals surface area contributed by atoms with Gasteiger partial charge in [-0.25, -0.2) is 0 Å². The van der Waals surface area contributed by atoms with Crippen LogP contribution in [-0.4, -0.2) is 18.9 Å². The highest BCUT2D eigenvalue weighted by molar-refractivity contribution is 7.13. The standard InChI is InChI=1S/C11H15NOS/c1-8-6-9(4-5-12-8)11-3-2-10(7-13)14-11/h2-3,7-9,12H,4-6H2,1H3. The lowest BCUT2D eigenvalue weighted by Gasteiger charge is -2.27. The monoisotopic (exact) mass is 209 g/mol. The molecule has 76 valence electrons. The molecule has 14 heavy (non-hydrogen) atoms. The molecule has 2 heterocycles. The van der Waals surface area contributed by atoms with Gasteiger partial charge in [0.15, 0.2) is 6.29 Å². The molecule has 1 aromatic heterocycles. The van der Waals surface area contributed by atoms with Crippen molar-refractivity contribution in [1.29, 1.82) is 0 Å². The molecule has 0 amide bonds. The van der Waals surface area contributed by atoms with Crippen LogP contribution in [0.1, 0.15) is 40.2 Å². The molecule has 1 saturated heterocycles. The Balaban J connectivity index is 2.09. The van der Waals surface area contributed by atoms with Crippen molar-refractivity contribution in [2.75, 3.05) is 6.54 Å². The quantitative estimate of drug-likeness (QED) is 0.758. The molecule has 0 spiro atoms. The molecular formula is C11H15NOS. The van der Waals surface area contributed by atoms with Gasteiger partial charge in [-0.15, -0.1) is 11.3 Å². The third-order valence-electron chi connectivity index (χ3n) is 2.79. The number of thiophene rings is 1. The van der Waals surface area contributed by atoms with Gasteiger partial charge < -0.3 is 5.32 Å².